The molecule has 3 aromatic carbocycles. The smallest absolute Gasteiger partial charge is 0.207 e. The maximum atomic E-state index is 15.3. The Bertz CT molecular complexity index is 1720. The van der Waals surface area contributed by atoms with Crippen molar-refractivity contribution in [2.45, 2.75) is 24.8 Å². The number of halogens is 2. The minimum atomic E-state index is -0.546. The van der Waals surface area contributed by atoms with E-state index in [0.717, 1.165) is 52.7 Å². The van der Waals surface area contributed by atoms with Gasteiger partial charge in [0.15, 0.2) is 12.4 Å². The minimum absolute atomic E-state index is 0.150. The van der Waals surface area contributed by atoms with E-state index in [1.165, 1.54) is 11.6 Å². The highest BCUT2D eigenvalue weighted by Crippen LogP contribution is 2.46. The van der Waals surface area contributed by atoms with Gasteiger partial charge in [-0.3, -0.25) is 0 Å². The molecule has 2 aliphatic rings. The molecule has 0 amide bonds. The Kier molecular flexibility index (Phi) is 5.29. The van der Waals surface area contributed by atoms with Gasteiger partial charge in [0.2, 0.25) is 23.1 Å². The summed E-state index contributed by atoms with van der Waals surface area (Å²) in [7, 11) is 0. The lowest BCUT2D eigenvalue weighted by molar-refractivity contribution is -0.727. The molecule has 7 rings (SSSR count). The van der Waals surface area contributed by atoms with E-state index in [9.17, 15) is 4.39 Å². The summed E-state index contributed by atoms with van der Waals surface area (Å²) in [5.74, 6) is -1.22. The first kappa shape index (κ1) is 22.7. The summed E-state index contributed by atoms with van der Waals surface area (Å²) in [5.41, 5.74) is 8.49. The van der Waals surface area contributed by atoms with Gasteiger partial charge in [-0.05, 0) is 59.9 Å². The number of nitrogens with zero attached hydrogens (tertiary/aromatic N) is 2. The van der Waals surface area contributed by atoms with Gasteiger partial charge in [0, 0.05) is 35.9 Å². The van der Waals surface area contributed by atoms with Crippen LogP contribution in [-0.4, -0.2) is 0 Å². The van der Waals surface area contributed by atoms with Crippen LogP contribution in [0.3, 0.4) is 0 Å². The van der Waals surface area contributed by atoms with Crippen LogP contribution in [-0.2, 0) is 6.42 Å². The van der Waals surface area contributed by atoms with Gasteiger partial charge >= 0.3 is 0 Å². The van der Waals surface area contributed by atoms with Crippen molar-refractivity contribution in [1.29, 1.82) is 0 Å². The molecule has 0 bridgehead atoms. The topological polar surface area (TPSA) is 7.76 Å². The summed E-state index contributed by atoms with van der Waals surface area (Å²) in [6.45, 7) is 4.63. The molecule has 38 heavy (non-hydrogen) atoms. The lowest BCUT2D eigenvalue weighted by atomic mass is 9.78. The van der Waals surface area contributed by atoms with Gasteiger partial charge in [-0.15, -0.1) is 0 Å². The number of allylic oxidation sites excluding steroid dienone is 1. The van der Waals surface area contributed by atoms with Crippen LogP contribution >= 0.6 is 0 Å². The zero-order valence-corrected chi connectivity index (χ0v) is 20.8. The number of benzene rings is 3. The highest BCUT2D eigenvalue weighted by molar-refractivity contribution is 5.72. The van der Waals surface area contributed by atoms with Crippen LogP contribution in [0.1, 0.15) is 29.5 Å². The van der Waals surface area contributed by atoms with Crippen molar-refractivity contribution in [2.24, 2.45) is 0 Å². The van der Waals surface area contributed by atoms with E-state index in [-0.39, 0.29) is 12.0 Å². The van der Waals surface area contributed by atoms with E-state index in [0.29, 0.717) is 11.1 Å². The molecule has 0 radical (unpaired) electrons. The van der Waals surface area contributed by atoms with E-state index in [1.807, 2.05) is 42.6 Å². The van der Waals surface area contributed by atoms with Gasteiger partial charge < -0.3 is 0 Å². The average Bonchev–Trinajstić information content (AvgIpc) is 3.00. The van der Waals surface area contributed by atoms with Gasteiger partial charge in [0.05, 0.1) is 11.5 Å². The number of aryl methyl sites for hydroxylation is 1. The largest absolute Gasteiger partial charge is 0.249 e. The first-order valence-corrected chi connectivity index (χ1v) is 13.0. The maximum Gasteiger partial charge on any atom is 0.249 e. The summed E-state index contributed by atoms with van der Waals surface area (Å²) < 4.78 is 34.3. The van der Waals surface area contributed by atoms with E-state index in [1.54, 1.807) is 0 Å². The number of rotatable bonds is 1. The van der Waals surface area contributed by atoms with Gasteiger partial charge in [-0.25, -0.2) is 8.78 Å². The van der Waals surface area contributed by atoms with Gasteiger partial charge in [-0.2, -0.15) is 9.13 Å². The van der Waals surface area contributed by atoms with Crippen molar-refractivity contribution in [3.63, 3.8) is 0 Å². The van der Waals surface area contributed by atoms with E-state index in [2.05, 4.69) is 70.4 Å². The summed E-state index contributed by atoms with van der Waals surface area (Å²) in [4.78, 5) is 0. The summed E-state index contributed by atoms with van der Waals surface area (Å²) in [6.07, 6.45) is 5.59. The van der Waals surface area contributed by atoms with Crippen molar-refractivity contribution in [3.05, 3.63) is 139 Å². The molecular weight excluding hydrogens is 474 g/mol. The molecule has 0 saturated carbocycles. The third-order valence-corrected chi connectivity index (χ3v) is 8.04. The van der Waals surface area contributed by atoms with Crippen LogP contribution in [0.15, 0.2) is 116 Å². The van der Waals surface area contributed by atoms with Crippen molar-refractivity contribution < 1.29 is 17.9 Å². The van der Waals surface area contributed by atoms with Crippen molar-refractivity contribution >= 4 is 5.70 Å². The van der Waals surface area contributed by atoms with Crippen LogP contribution < -0.4 is 9.13 Å². The molecule has 2 aromatic heterocycles. The molecule has 0 aliphatic carbocycles. The monoisotopic (exact) mass is 500 g/mol. The fraction of sp³-hybridized carbons (Fsp3) is 0.118. The molecule has 2 nitrogen and oxygen atoms in total. The van der Waals surface area contributed by atoms with Gasteiger partial charge in [-0.1, -0.05) is 48.5 Å². The number of pyridine rings is 2. The Labute approximate surface area is 220 Å². The Morgan fingerprint density at radius 2 is 1.53 bits per heavy atom. The van der Waals surface area contributed by atoms with Crippen LogP contribution in [0.2, 0.25) is 0 Å². The quantitative estimate of drug-likeness (QED) is 0.214. The summed E-state index contributed by atoms with van der Waals surface area (Å²) >= 11 is 0. The molecule has 0 spiro atoms. The zero-order valence-electron chi connectivity index (χ0n) is 20.8. The zero-order chi connectivity index (χ0) is 25.8. The molecule has 2 unspecified atom stereocenters. The third kappa shape index (κ3) is 3.52. The number of hydrogen-bond donors (Lipinski definition) is 0. The standard InChI is InChI=1S/C34H26F2N2/c1-22-34-28(29-20-26(35)21-30(36)33(29)31-13-7-8-17-38(31)34)15-14-24-11-5-6-12-27(24)32-19-25(16-18-37(22)32)23-9-3-2-4-10-23/h2-13,16-21,28,34H,1,14-15H2/q+2. The molecule has 0 N–H and O–H groups in total. The predicted molar refractivity (Wildman–Crippen MR) is 145 cm³/mol. The average molecular weight is 501 g/mol. The van der Waals surface area contributed by atoms with Crippen LogP contribution in [0.25, 0.3) is 39.3 Å². The van der Waals surface area contributed by atoms with Crippen LogP contribution in [0.5, 0.6) is 0 Å². The second-order valence-electron chi connectivity index (χ2n) is 10.1. The molecule has 184 valence electrons. The second kappa shape index (κ2) is 8.84. The van der Waals surface area contributed by atoms with Gasteiger partial charge in [0.25, 0.3) is 0 Å². The molecule has 0 saturated heterocycles. The first-order valence-electron chi connectivity index (χ1n) is 13.0. The first-order chi connectivity index (χ1) is 18.6. The molecule has 2 aliphatic heterocycles. The fourth-order valence-corrected chi connectivity index (χ4v) is 6.35. The van der Waals surface area contributed by atoms with E-state index < -0.39 is 11.6 Å². The van der Waals surface area contributed by atoms with Gasteiger partial charge in [0.1, 0.15) is 11.6 Å². The molecule has 4 heterocycles. The predicted octanol–water partition coefficient (Wildman–Crippen LogP) is 7.30. The molecule has 2 atom stereocenters. The molecule has 0 fully saturated rings. The maximum absolute atomic E-state index is 15.3. The fourth-order valence-electron chi connectivity index (χ4n) is 6.35. The second-order valence-corrected chi connectivity index (χ2v) is 10.1. The molecule has 5 aromatic rings. The van der Waals surface area contributed by atoms with Crippen molar-refractivity contribution in [2.75, 3.05) is 0 Å². The molecule has 4 heteroatoms. The summed E-state index contributed by atoms with van der Waals surface area (Å²) in [5, 5.41) is 0. The SMILES string of the molecule is C=C1C2C(CCc3ccccc3-c3cc(-c4ccccc4)cc[n+]31)c1cc(F)cc(F)c1-c1cccc[n+]12. The Balaban J connectivity index is 1.50. The van der Waals surface area contributed by atoms with Crippen molar-refractivity contribution in [1.82, 2.24) is 0 Å². The highest BCUT2D eigenvalue weighted by atomic mass is 19.1. The van der Waals surface area contributed by atoms with Crippen molar-refractivity contribution in [3.8, 4) is 33.6 Å². The molecular formula is C34H26F2N2+2. The number of aromatic nitrogens is 2. The minimum Gasteiger partial charge on any atom is -0.207 e. The Hall–Kier alpha value is -4.44. The van der Waals surface area contributed by atoms with E-state index >= 15 is 4.39 Å². The third-order valence-electron chi connectivity index (χ3n) is 8.04. The highest BCUT2D eigenvalue weighted by Gasteiger charge is 2.47. The van der Waals surface area contributed by atoms with Crippen LogP contribution in [0.4, 0.5) is 8.78 Å². The lowest BCUT2D eigenvalue weighted by Crippen LogP contribution is -2.53. The lowest BCUT2D eigenvalue weighted by Gasteiger charge is -2.29. The summed E-state index contributed by atoms with van der Waals surface area (Å²) in [6, 6.07) is 31.2. The number of fused-ring (bicyclic) bond motifs is 9. The number of hydrogen-bond acceptors (Lipinski definition) is 0. The Morgan fingerprint density at radius 3 is 2.39 bits per heavy atom. The normalized spacial score (nSPS) is 17.6. The van der Waals surface area contributed by atoms with Crippen LogP contribution in [0, 0.1) is 11.6 Å². The van der Waals surface area contributed by atoms with E-state index in [4.69, 9.17) is 0 Å². The Morgan fingerprint density at radius 1 is 0.737 bits per heavy atom.